The molecule has 2 aromatic rings. The Morgan fingerprint density at radius 1 is 1.11 bits per heavy atom. The first kappa shape index (κ1) is 13.7. The van der Waals surface area contributed by atoms with Crippen molar-refractivity contribution in [1.82, 2.24) is 0 Å². The summed E-state index contributed by atoms with van der Waals surface area (Å²) in [6.07, 6.45) is 0. The van der Waals surface area contributed by atoms with Crippen molar-refractivity contribution in [2.75, 3.05) is 5.32 Å². The Morgan fingerprint density at radius 2 is 1.84 bits per heavy atom. The van der Waals surface area contributed by atoms with Gasteiger partial charge in [-0.05, 0) is 36.4 Å². The maximum atomic E-state index is 13.8. The van der Waals surface area contributed by atoms with Gasteiger partial charge in [0, 0.05) is 5.56 Å². The third kappa shape index (κ3) is 3.19. The molecule has 6 heteroatoms. The summed E-state index contributed by atoms with van der Waals surface area (Å²) in [5, 5.41) is 3.01. The number of halogens is 3. The Bertz CT molecular complexity index is 647. The molecular weight excluding hydrogens is 290 g/mol. The van der Waals surface area contributed by atoms with Crippen LogP contribution in [0.4, 0.5) is 20.2 Å². The first-order valence-electron chi connectivity index (χ1n) is 5.29. The molecule has 2 aromatic carbocycles. The molecule has 2 rings (SSSR count). The number of anilines is 2. The summed E-state index contributed by atoms with van der Waals surface area (Å²) < 4.78 is 26.9. The van der Waals surface area contributed by atoms with Crippen molar-refractivity contribution in [3.05, 3.63) is 58.6 Å². The molecule has 98 valence electrons. The summed E-state index contributed by atoms with van der Waals surface area (Å²) in [5.74, 6) is -1.02. The van der Waals surface area contributed by atoms with E-state index in [1.54, 1.807) is 6.07 Å². The van der Waals surface area contributed by atoms with Gasteiger partial charge >= 0.3 is 0 Å². The fraction of sp³-hybridized carbons (Fsp3) is 0. The van der Waals surface area contributed by atoms with Gasteiger partial charge in [-0.3, -0.25) is 0 Å². The quantitative estimate of drug-likeness (QED) is 0.841. The molecule has 0 spiro atoms. The Labute approximate surface area is 119 Å². The fourth-order valence-electron chi connectivity index (χ4n) is 1.51. The highest BCUT2D eigenvalue weighted by molar-refractivity contribution is 7.80. The van der Waals surface area contributed by atoms with E-state index in [0.29, 0.717) is 10.6 Å². The zero-order valence-corrected chi connectivity index (χ0v) is 11.2. The normalized spacial score (nSPS) is 10.3. The van der Waals surface area contributed by atoms with Gasteiger partial charge in [0.25, 0.3) is 0 Å². The second-order valence-electron chi connectivity index (χ2n) is 3.81. The molecule has 0 saturated carbocycles. The van der Waals surface area contributed by atoms with Crippen molar-refractivity contribution >= 4 is 40.2 Å². The van der Waals surface area contributed by atoms with Crippen molar-refractivity contribution in [2.24, 2.45) is 5.73 Å². The van der Waals surface area contributed by atoms with Crippen LogP contribution in [0.5, 0.6) is 0 Å². The van der Waals surface area contributed by atoms with Crippen LogP contribution in [0.25, 0.3) is 0 Å². The molecule has 0 heterocycles. The van der Waals surface area contributed by atoms with E-state index in [0.717, 1.165) is 0 Å². The number of hydrogen-bond acceptors (Lipinski definition) is 2. The summed E-state index contributed by atoms with van der Waals surface area (Å²) in [4.78, 5) is 0.106. The van der Waals surface area contributed by atoms with E-state index in [1.165, 1.54) is 30.3 Å². The van der Waals surface area contributed by atoms with Gasteiger partial charge in [-0.1, -0.05) is 23.8 Å². The first-order valence-corrected chi connectivity index (χ1v) is 6.07. The second kappa shape index (κ2) is 5.50. The van der Waals surface area contributed by atoms with Crippen molar-refractivity contribution in [1.29, 1.82) is 0 Å². The lowest BCUT2D eigenvalue weighted by Gasteiger charge is -2.10. The Balaban J connectivity index is 2.33. The van der Waals surface area contributed by atoms with Crippen LogP contribution < -0.4 is 11.1 Å². The van der Waals surface area contributed by atoms with Crippen LogP contribution in [-0.2, 0) is 0 Å². The van der Waals surface area contributed by atoms with Gasteiger partial charge in [-0.25, -0.2) is 8.78 Å². The van der Waals surface area contributed by atoms with Crippen LogP contribution in [0.3, 0.4) is 0 Å². The average Bonchev–Trinajstić information content (AvgIpc) is 2.36. The van der Waals surface area contributed by atoms with Gasteiger partial charge in [0.1, 0.15) is 16.6 Å². The largest absolute Gasteiger partial charge is 0.389 e. The summed E-state index contributed by atoms with van der Waals surface area (Å²) in [6, 6.07) is 8.04. The number of hydrogen-bond donors (Lipinski definition) is 2. The van der Waals surface area contributed by atoms with Crippen LogP contribution >= 0.6 is 23.8 Å². The summed E-state index contributed by atoms with van der Waals surface area (Å²) >= 11 is 10.6. The van der Waals surface area contributed by atoms with E-state index in [9.17, 15) is 8.78 Å². The number of nitrogens with one attached hydrogen (secondary N) is 1. The predicted octanol–water partition coefficient (Wildman–Crippen LogP) is 4.00. The minimum Gasteiger partial charge on any atom is -0.389 e. The summed E-state index contributed by atoms with van der Waals surface area (Å²) in [6.45, 7) is 0. The minimum atomic E-state index is -0.550. The summed E-state index contributed by atoms with van der Waals surface area (Å²) in [7, 11) is 0. The lowest BCUT2D eigenvalue weighted by Crippen LogP contribution is -2.09. The molecular formula is C13H9ClF2N2S. The SMILES string of the molecule is NC(=S)c1ccc(Nc2cc(F)ccc2Cl)c(F)c1. The molecule has 3 N–H and O–H groups in total. The van der Waals surface area contributed by atoms with Crippen molar-refractivity contribution in [3.63, 3.8) is 0 Å². The van der Waals surface area contributed by atoms with Crippen molar-refractivity contribution in [3.8, 4) is 0 Å². The Kier molecular flexibility index (Phi) is 3.97. The highest BCUT2D eigenvalue weighted by Gasteiger charge is 2.08. The molecule has 0 aliphatic heterocycles. The van der Waals surface area contributed by atoms with Crippen LogP contribution in [0.2, 0.25) is 5.02 Å². The highest BCUT2D eigenvalue weighted by Crippen LogP contribution is 2.27. The van der Waals surface area contributed by atoms with Gasteiger partial charge < -0.3 is 11.1 Å². The van der Waals surface area contributed by atoms with Crippen molar-refractivity contribution in [2.45, 2.75) is 0 Å². The smallest absolute Gasteiger partial charge is 0.147 e. The fourth-order valence-corrected chi connectivity index (χ4v) is 1.80. The molecule has 0 atom stereocenters. The lowest BCUT2D eigenvalue weighted by molar-refractivity contribution is 0.627. The third-order valence-corrected chi connectivity index (χ3v) is 3.02. The highest BCUT2D eigenvalue weighted by atomic mass is 35.5. The number of thiocarbonyl (C=S) groups is 1. The molecule has 0 aromatic heterocycles. The topological polar surface area (TPSA) is 38.0 Å². The van der Waals surface area contributed by atoms with Crippen LogP contribution in [0.15, 0.2) is 36.4 Å². The average molecular weight is 299 g/mol. The van der Waals surface area contributed by atoms with Crippen LogP contribution in [-0.4, -0.2) is 4.99 Å². The second-order valence-corrected chi connectivity index (χ2v) is 4.66. The van der Waals surface area contributed by atoms with Gasteiger partial charge in [-0.15, -0.1) is 0 Å². The van der Waals surface area contributed by atoms with Gasteiger partial charge in [0.2, 0.25) is 0 Å². The standard InChI is InChI=1S/C13H9ClF2N2S/c14-9-3-2-8(15)6-12(9)18-11-4-1-7(13(17)19)5-10(11)16/h1-6,18H,(H2,17,19). The zero-order chi connectivity index (χ0) is 14.0. The maximum Gasteiger partial charge on any atom is 0.147 e. The third-order valence-electron chi connectivity index (χ3n) is 2.45. The Hall–Kier alpha value is -1.72. The maximum absolute atomic E-state index is 13.8. The molecule has 19 heavy (non-hydrogen) atoms. The van der Waals surface area contributed by atoms with E-state index in [1.807, 2.05) is 0 Å². The van der Waals surface area contributed by atoms with E-state index in [-0.39, 0.29) is 16.4 Å². The molecule has 0 unspecified atom stereocenters. The zero-order valence-electron chi connectivity index (χ0n) is 9.58. The molecule has 0 aliphatic rings. The van der Waals surface area contributed by atoms with Gasteiger partial charge in [0.15, 0.2) is 0 Å². The number of rotatable bonds is 3. The van der Waals surface area contributed by atoms with E-state index >= 15 is 0 Å². The molecule has 0 amide bonds. The van der Waals surface area contributed by atoms with Gasteiger partial charge in [-0.2, -0.15) is 0 Å². The molecule has 2 nitrogen and oxygen atoms in total. The Morgan fingerprint density at radius 3 is 2.47 bits per heavy atom. The lowest BCUT2D eigenvalue weighted by atomic mass is 10.2. The van der Waals surface area contributed by atoms with Crippen LogP contribution in [0, 0.1) is 11.6 Å². The predicted molar refractivity (Wildman–Crippen MR) is 77.0 cm³/mol. The van der Waals surface area contributed by atoms with E-state index in [2.05, 4.69) is 5.32 Å². The number of nitrogens with two attached hydrogens (primary N) is 1. The number of benzene rings is 2. The monoisotopic (exact) mass is 298 g/mol. The molecule has 0 aliphatic carbocycles. The summed E-state index contributed by atoms with van der Waals surface area (Å²) in [5.41, 5.74) is 6.26. The van der Waals surface area contributed by atoms with Gasteiger partial charge in [0.05, 0.1) is 16.4 Å². The first-order chi connectivity index (χ1) is 8.97. The van der Waals surface area contributed by atoms with E-state index < -0.39 is 11.6 Å². The minimum absolute atomic E-state index is 0.106. The van der Waals surface area contributed by atoms with Crippen LogP contribution in [0.1, 0.15) is 5.56 Å². The molecule has 0 bridgehead atoms. The molecule has 0 saturated heterocycles. The van der Waals surface area contributed by atoms with E-state index in [4.69, 9.17) is 29.6 Å². The van der Waals surface area contributed by atoms with Crippen molar-refractivity contribution < 1.29 is 8.78 Å². The molecule has 0 fully saturated rings. The molecule has 0 radical (unpaired) electrons.